The van der Waals surface area contributed by atoms with E-state index in [4.69, 9.17) is 0 Å². The van der Waals surface area contributed by atoms with Crippen molar-refractivity contribution in [3.05, 3.63) is 18.2 Å². The molecular weight excluding hydrogens is 208 g/mol. The molecule has 0 aliphatic carbocycles. The van der Waals surface area contributed by atoms with Gasteiger partial charge in [-0.2, -0.15) is 0 Å². The average molecular weight is 236 g/mol. The minimum atomic E-state index is 0.199. The largest absolute Gasteiger partial charge is 0.329 e. The number of hydrogen-bond acceptors (Lipinski definition) is 1. The molecule has 2 heteroatoms. The van der Waals surface area contributed by atoms with Crippen molar-refractivity contribution >= 4 is 0 Å². The maximum absolute atomic E-state index is 4.35. The van der Waals surface area contributed by atoms with Crippen LogP contribution in [-0.4, -0.2) is 9.55 Å². The Hall–Kier alpha value is -0.790. The third-order valence-electron chi connectivity index (χ3n) is 3.83. The molecule has 0 spiro atoms. The summed E-state index contributed by atoms with van der Waals surface area (Å²) in [5.74, 6) is 0.600. The first kappa shape index (κ1) is 14.3. The molecule has 0 saturated carbocycles. The summed E-state index contributed by atoms with van der Waals surface area (Å²) in [4.78, 5) is 4.35. The van der Waals surface area contributed by atoms with Gasteiger partial charge in [-0.3, -0.25) is 0 Å². The van der Waals surface area contributed by atoms with E-state index < -0.39 is 0 Å². The van der Waals surface area contributed by atoms with Crippen molar-refractivity contribution in [1.82, 2.24) is 9.55 Å². The van der Waals surface area contributed by atoms with E-state index in [1.807, 2.05) is 12.5 Å². The van der Waals surface area contributed by atoms with E-state index in [0.29, 0.717) is 5.92 Å². The Bertz CT molecular complexity index is 325. The predicted molar refractivity (Wildman–Crippen MR) is 74.4 cm³/mol. The van der Waals surface area contributed by atoms with E-state index in [1.54, 1.807) is 0 Å². The van der Waals surface area contributed by atoms with Crippen LogP contribution in [0.15, 0.2) is 12.5 Å². The number of nitrogens with zero attached hydrogens (tertiary/aromatic N) is 2. The molecule has 1 atom stereocenters. The lowest BCUT2D eigenvalue weighted by Gasteiger charge is -2.30. The maximum Gasteiger partial charge on any atom is 0.0953 e. The summed E-state index contributed by atoms with van der Waals surface area (Å²) < 4.78 is 2.39. The predicted octanol–water partition coefficient (Wildman–Crippen LogP) is 4.71. The first-order valence-electron chi connectivity index (χ1n) is 7.05. The SMILES string of the molecule is CCCCCC(C)(C)n1cncc1C(C)CC. The van der Waals surface area contributed by atoms with Crippen LogP contribution in [0.4, 0.5) is 0 Å². The minimum Gasteiger partial charge on any atom is -0.329 e. The van der Waals surface area contributed by atoms with Crippen molar-refractivity contribution in [2.45, 2.75) is 78.2 Å². The van der Waals surface area contributed by atoms with E-state index >= 15 is 0 Å². The van der Waals surface area contributed by atoms with Gasteiger partial charge in [0.15, 0.2) is 0 Å². The summed E-state index contributed by atoms with van der Waals surface area (Å²) in [6.45, 7) is 11.4. The highest BCUT2D eigenvalue weighted by atomic mass is 15.1. The fraction of sp³-hybridized carbons (Fsp3) is 0.800. The quantitative estimate of drug-likeness (QED) is 0.627. The summed E-state index contributed by atoms with van der Waals surface area (Å²) in [6.07, 6.45) is 10.4. The Morgan fingerprint density at radius 2 is 2.00 bits per heavy atom. The van der Waals surface area contributed by atoms with Gasteiger partial charge in [-0.05, 0) is 32.6 Å². The Morgan fingerprint density at radius 1 is 1.29 bits per heavy atom. The second-order valence-electron chi connectivity index (χ2n) is 5.77. The average Bonchev–Trinajstić information content (AvgIpc) is 2.78. The summed E-state index contributed by atoms with van der Waals surface area (Å²) in [5, 5.41) is 0. The van der Waals surface area contributed by atoms with E-state index in [2.05, 4.69) is 44.2 Å². The molecule has 0 bridgehead atoms. The van der Waals surface area contributed by atoms with E-state index in [-0.39, 0.29) is 5.54 Å². The van der Waals surface area contributed by atoms with E-state index in [0.717, 1.165) is 0 Å². The van der Waals surface area contributed by atoms with Gasteiger partial charge in [0.1, 0.15) is 0 Å². The number of hydrogen-bond donors (Lipinski definition) is 0. The molecule has 0 amide bonds. The van der Waals surface area contributed by atoms with Crippen LogP contribution in [0, 0.1) is 0 Å². The zero-order valence-electron chi connectivity index (χ0n) is 12.2. The molecule has 17 heavy (non-hydrogen) atoms. The molecule has 0 radical (unpaired) electrons. The minimum absolute atomic E-state index is 0.199. The van der Waals surface area contributed by atoms with E-state index in [1.165, 1.54) is 37.8 Å². The van der Waals surface area contributed by atoms with Crippen LogP contribution in [-0.2, 0) is 5.54 Å². The number of imidazole rings is 1. The van der Waals surface area contributed by atoms with Crippen LogP contribution >= 0.6 is 0 Å². The molecule has 0 aliphatic rings. The molecule has 98 valence electrons. The van der Waals surface area contributed by atoms with Crippen LogP contribution in [0.5, 0.6) is 0 Å². The number of unbranched alkanes of at least 4 members (excludes halogenated alkanes) is 2. The standard InChI is InChI=1S/C15H28N2/c1-6-8-9-10-15(4,5)17-12-16-11-14(17)13(3)7-2/h11-13H,6-10H2,1-5H3. The Labute approximate surface area is 106 Å². The summed E-state index contributed by atoms with van der Waals surface area (Å²) >= 11 is 0. The van der Waals surface area contributed by atoms with Crippen LogP contribution in [0.2, 0.25) is 0 Å². The maximum atomic E-state index is 4.35. The van der Waals surface area contributed by atoms with Crippen molar-refractivity contribution in [1.29, 1.82) is 0 Å². The van der Waals surface area contributed by atoms with Crippen molar-refractivity contribution in [2.75, 3.05) is 0 Å². The molecule has 1 aromatic heterocycles. The zero-order valence-corrected chi connectivity index (χ0v) is 12.2. The van der Waals surface area contributed by atoms with Crippen LogP contribution in [0.3, 0.4) is 0 Å². The molecule has 1 unspecified atom stereocenters. The summed E-state index contributed by atoms with van der Waals surface area (Å²) in [7, 11) is 0. The highest BCUT2D eigenvalue weighted by molar-refractivity contribution is 5.08. The van der Waals surface area contributed by atoms with E-state index in [9.17, 15) is 0 Å². The van der Waals surface area contributed by atoms with Gasteiger partial charge in [-0.15, -0.1) is 0 Å². The molecule has 0 N–H and O–H groups in total. The lowest BCUT2D eigenvalue weighted by Crippen LogP contribution is -2.27. The molecule has 1 rings (SSSR count). The van der Waals surface area contributed by atoms with Gasteiger partial charge < -0.3 is 4.57 Å². The Morgan fingerprint density at radius 3 is 2.59 bits per heavy atom. The molecule has 1 aromatic rings. The Balaban J connectivity index is 2.79. The molecule has 0 fully saturated rings. The highest BCUT2D eigenvalue weighted by Gasteiger charge is 2.23. The normalized spacial score (nSPS) is 13.9. The zero-order chi connectivity index (χ0) is 12.9. The molecule has 0 aromatic carbocycles. The van der Waals surface area contributed by atoms with Gasteiger partial charge >= 0.3 is 0 Å². The molecule has 1 heterocycles. The fourth-order valence-electron chi connectivity index (χ4n) is 2.31. The monoisotopic (exact) mass is 236 g/mol. The number of aromatic nitrogens is 2. The van der Waals surface area contributed by atoms with Gasteiger partial charge in [-0.1, -0.05) is 40.0 Å². The van der Waals surface area contributed by atoms with Gasteiger partial charge in [0.05, 0.1) is 6.33 Å². The molecule has 0 aliphatic heterocycles. The molecule has 0 saturated heterocycles. The summed E-state index contributed by atoms with van der Waals surface area (Å²) in [5.41, 5.74) is 1.58. The number of rotatable bonds is 7. The van der Waals surface area contributed by atoms with Gasteiger partial charge in [-0.25, -0.2) is 4.98 Å². The fourth-order valence-corrected chi connectivity index (χ4v) is 2.31. The lowest BCUT2D eigenvalue weighted by molar-refractivity contribution is 0.302. The first-order valence-corrected chi connectivity index (χ1v) is 7.05. The third-order valence-corrected chi connectivity index (χ3v) is 3.83. The van der Waals surface area contributed by atoms with Crippen molar-refractivity contribution in [2.24, 2.45) is 0 Å². The summed E-state index contributed by atoms with van der Waals surface area (Å²) in [6, 6.07) is 0. The topological polar surface area (TPSA) is 17.8 Å². The van der Waals surface area contributed by atoms with Gasteiger partial charge in [0, 0.05) is 17.4 Å². The van der Waals surface area contributed by atoms with Crippen molar-refractivity contribution < 1.29 is 0 Å². The van der Waals surface area contributed by atoms with Gasteiger partial charge in [0.2, 0.25) is 0 Å². The van der Waals surface area contributed by atoms with Crippen molar-refractivity contribution in [3.8, 4) is 0 Å². The van der Waals surface area contributed by atoms with Crippen LogP contribution < -0.4 is 0 Å². The van der Waals surface area contributed by atoms with Crippen LogP contribution in [0.1, 0.15) is 78.3 Å². The third kappa shape index (κ3) is 3.58. The molecule has 2 nitrogen and oxygen atoms in total. The Kier molecular flexibility index (Phi) is 5.23. The molecular formula is C15H28N2. The van der Waals surface area contributed by atoms with Crippen molar-refractivity contribution in [3.63, 3.8) is 0 Å². The second-order valence-corrected chi connectivity index (χ2v) is 5.77. The smallest absolute Gasteiger partial charge is 0.0953 e. The van der Waals surface area contributed by atoms with Gasteiger partial charge in [0.25, 0.3) is 0 Å². The van der Waals surface area contributed by atoms with Crippen LogP contribution in [0.25, 0.3) is 0 Å². The lowest BCUT2D eigenvalue weighted by atomic mass is 9.94. The highest BCUT2D eigenvalue weighted by Crippen LogP contribution is 2.28. The first-order chi connectivity index (χ1) is 8.03. The second kappa shape index (κ2) is 6.23.